The first-order valence-electron chi connectivity index (χ1n) is 15.4. The first kappa shape index (κ1) is 34.7. The number of morpholine rings is 1. The summed E-state index contributed by atoms with van der Waals surface area (Å²) < 4.78 is 54.3. The Balaban J connectivity index is 1.24. The van der Waals surface area contributed by atoms with Gasteiger partial charge in [0, 0.05) is 36.1 Å². The number of carbonyl (C=O) groups is 2. The van der Waals surface area contributed by atoms with Gasteiger partial charge < -0.3 is 31.2 Å². The van der Waals surface area contributed by atoms with Crippen molar-refractivity contribution in [3.05, 3.63) is 130 Å². The van der Waals surface area contributed by atoms with Gasteiger partial charge >= 0.3 is 6.09 Å². The van der Waals surface area contributed by atoms with Crippen LogP contribution in [0, 0.1) is 17.5 Å². The number of pyridine rings is 1. The minimum absolute atomic E-state index is 0.00271. The summed E-state index contributed by atoms with van der Waals surface area (Å²) in [6.07, 6.45) is 1.70. The van der Waals surface area contributed by atoms with E-state index in [0.29, 0.717) is 35.7 Å². The van der Waals surface area contributed by atoms with E-state index in [1.807, 2.05) is 6.07 Å². The molecular weight excluding hydrogens is 647 g/mol. The molecule has 3 atom stereocenters. The van der Waals surface area contributed by atoms with Crippen LogP contribution in [0.25, 0.3) is 0 Å². The molecule has 1 aromatic heterocycles. The van der Waals surface area contributed by atoms with Crippen molar-refractivity contribution in [3.8, 4) is 0 Å². The maximum Gasteiger partial charge on any atom is 0.407 e. The number of aromatic nitrogens is 1. The van der Waals surface area contributed by atoms with Crippen LogP contribution < -0.4 is 21.7 Å². The molecule has 1 aliphatic heterocycles. The average Bonchev–Trinajstić information content (AvgIpc) is 3.08. The van der Waals surface area contributed by atoms with Crippen LogP contribution in [0.1, 0.15) is 34.6 Å². The molecule has 252 valence electrons. The molecule has 0 radical (unpaired) electrons. The third-order valence-corrected chi connectivity index (χ3v) is 8.41. The lowest BCUT2D eigenvalue weighted by molar-refractivity contribution is -0.119. The van der Waals surface area contributed by atoms with Gasteiger partial charge in [0.1, 0.15) is 36.2 Å². The number of nitrogens with zero attached hydrogens (tertiary/aromatic N) is 1. The van der Waals surface area contributed by atoms with Crippen LogP contribution in [0.2, 0.25) is 5.02 Å². The molecule has 3 aromatic carbocycles. The predicted octanol–water partition coefficient (Wildman–Crippen LogP) is 5.47. The molecule has 9 nitrogen and oxygen atoms in total. The molecule has 2 heterocycles. The Morgan fingerprint density at radius 1 is 0.958 bits per heavy atom. The molecule has 0 aliphatic carbocycles. The summed E-state index contributed by atoms with van der Waals surface area (Å²) in [6.45, 7) is 1.16. The first-order valence-corrected chi connectivity index (χ1v) is 15.7. The normalized spacial score (nSPS) is 16.7. The number of benzene rings is 3. The van der Waals surface area contributed by atoms with Gasteiger partial charge in [-0.1, -0.05) is 54.1 Å². The number of rotatable bonds is 13. The van der Waals surface area contributed by atoms with Crippen LogP contribution >= 0.6 is 11.6 Å². The third kappa shape index (κ3) is 9.24. The van der Waals surface area contributed by atoms with E-state index in [9.17, 15) is 18.4 Å². The van der Waals surface area contributed by atoms with E-state index in [-0.39, 0.29) is 36.9 Å². The Bertz CT molecular complexity index is 1650. The predicted molar refractivity (Wildman–Crippen MR) is 175 cm³/mol. The molecular formula is C35H35ClF3N5O4. The number of halogens is 4. The van der Waals surface area contributed by atoms with Gasteiger partial charge in [-0.15, -0.1) is 0 Å². The fraction of sp³-hybridized carbons (Fsp3) is 0.286. The maximum absolute atomic E-state index is 15.3. The van der Waals surface area contributed by atoms with E-state index < -0.39 is 47.5 Å². The zero-order valence-electron chi connectivity index (χ0n) is 25.8. The summed E-state index contributed by atoms with van der Waals surface area (Å²) >= 11 is 6.13. The van der Waals surface area contributed by atoms with Gasteiger partial charge in [0.15, 0.2) is 0 Å². The van der Waals surface area contributed by atoms with Gasteiger partial charge in [0.2, 0.25) is 5.91 Å². The van der Waals surface area contributed by atoms with Gasteiger partial charge in [-0.05, 0) is 59.9 Å². The first-order chi connectivity index (χ1) is 23.2. The molecule has 2 amide bonds. The second kappa shape index (κ2) is 16.4. The quantitative estimate of drug-likeness (QED) is 0.148. The summed E-state index contributed by atoms with van der Waals surface area (Å²) in [7, 11) is 0. The molecule has 4 aromatic rings. The van der Waals surface area contributed by atoms with E-state index in [0.717, 1.165) is 11.8 Å². The molecule has 5 N–H and O–H groups in total. The summed E-state index contributed by atoms with van der Waals surface area (Å²) in [5.41, 5.74) is 8.22. The number of nitrogens with two attached hydrogens (primary N) is 1. The van der Waals surface area contributed by atoms with Crippen LogP contribution in [0.15, 0.2) is 85.2 Å². The zero-order valence-corrected chi connectivity index (χ0v) is 26.6. The van der Waals surface area contributed by atoms with Gasteiger partial charge in [-0.25, -0.2) is 18.0 Å². The number of anilines is 1. The highest BCUT2D eigenvalue weighted by atomic mass is 35.5. The largest absolute Gasteiger partial charge is 0.447 e. The molecule has 0 bridgehead atoms. The standard InChI is InChI=1S/C35H35ClF3N5O4/c36-29-4-2-1-3-23(29)15-43-35(46)47-20-27-17-41-16-26(48-27)13-14-28-30(39)18-42-19-31(28)44-33(34(40)45)32(21-5-9-24(37)10-6-21)22-7-11-25(38)12-8-22/h1-12,18-19,26-27,32-33,41,44H,13-17,20H2,(H2,40,45)(H,43,46)/t26-,27+,33+/m1/s1. The number of alkyl carbamates (subject to hydrolysis) is 1. The van der Waals surface area contributed by atoms with Crippen molar-refractivity contribution in [3.63, 3.8) is 0 Å². The molecule has 1 fully saturated rings. The second-order valence-electron chi connectivity index (χ2n) is 11.4. The Labute approximate surface area is 281 Å². The van der Waals surface area contributed by atoms with Gasteiger partial charge in [-0.3, -0.25) is 9.78 Å². The van der Waals surface area contributed by atoms with Crippen molar-refractivity contribution in [2.24, 2.45) is 5.73 Å². The summed E-state index contributed by atoms with van der Waals surface area (Å²) in [6, 6.07) is 17.1. The van der Waals surface area contributed by atoms with Crippen molar-refractivity contribution in [1.29, 1.82) is 0 Å². The minimum atomic E-state index is -1.14. The number of nitrogens with one attached hydrogen (secondary N) is 3. The minimum Gasteiger partial charge on any atom is -0.447 e. The second-order valence-corrected chi connectivity index (χ2v) is 11.8. The van der Waals surface area contributed by atoms with E-state index in [2.05, 4.69) is 20.9 Å². The van der Waals surface area contributed by atoms with Crippen molar-refractivity contribution in [1.82, 2.24) is 15.6 Å². The van der Waals surface area contributed by atoms with Gasteiger partial charge in [-0.2, -0.15) is 0 Å². The molecule has 13 heteroatoms. The van der Waals surface area contributed by atoms with E-state index in [1.165, 1.54) is 54.7 Å². The van der Waals surface area contributed by atoms with Crippen LogP contribution in [0.5, 0.6) is 0 Å². The number of amides is 2. The Kier molecular flexibility index (Phi) is 11.9. The van der Waals surface area contributed by atoms with Crippen LogP contribution in [0.4, 0.5) is 23.7 Å². The van der Waals surface area contributed by atoms with Crippen molar-refractivity contribution < 1.29 is 32.2 Å². The third-order valence-electron chi connectivity index (χ3n) is 8.04. The lowest BCUT2D eigenvalue weighted by atomic mass is 9.84. The molecule has 48 heavy (non-hydrogen) atoms. The number of primary amides is 1. The van der Waals surface area contributed by atoms with Crippen molar-refractivity contribution >= 4 is 29.3 Å². The number of hydrogen-bond donors (Lipinski definition) is 4. The number of carbonyl (C=O) groups excluding carboxylic acids is 2. The van der Waals surface area contributed by atoms with E-state index in [1.54, 1.807) is 18.2 Å². The molecule has 1 aliphatic rings. The summed E-state index contributed by atoms with van der Waals surface area (Å²) in [5, 5.41) is 9.53. The SMILES string of the molecule is NC(=O)[C@@H](Nc1cncc(F)c1CC[C@@H]1CNC[C@@H](COC(=O)NCc2ccccc2Cl)O1)C(c1ccc(F)cc1)c1ccc(F)cc1. The average molecular weight is 682 g/mol. The number of ether oxygens (including phenoxy) is 2. The van der Waals surface area contributed by atoms with Gasteiger partial charge in [0.05, 0.1) is 24.2 Å². The summed E-state index contributed by atoms with van der Waals surface area (Å²) in [5.74, 6) is -3.07. The fourth-order valence-corrected chi connectivity index (χ4v) is 5.82. The molecule has 1 saturated heterocycles. The van der Waals surface area contributed by atoms with Crippen LogP contribution in [-0.2, 0) is 27.2 Å². The number of hydrogen-bond acceptors (Lipinski definition) is 7. The highest BCUT2D eigenvalue weighted by molar-refractivity contribution is 6.31. The highest BCUT2D eigenvalue weighted by Crippen LogP contribution is 2.32. The smallest absolute Gasteiger partial charge is 0.407 e. The molecule has 5 rings (SSSR count). The van der Waals surface area contributed by atoms with Gasteiger partial charge in [0.25, 0.3) is 0 Å². The monoisotopic (exact) mass is 681 g/mol. The summed E-state index contributed by atoms with van der Waals surface area (Å²) in [4.78, 5) is 29.2. The lowest BCUT2D eigenvalue weighted by Crippen LogP contribution is -2.47. The Morgan fingerprint density at radius 3 is 2.25 bits per heavy atom. The van der Waals surface area contributed by atoms with Crippen LogP contribution in [-0.4, -0.2) is 54.9 Å². The highest BCUT2D eigenvalue weighted by Gasteiger charge is 2.31. The Morgan fingerprint density at radius 2 is 1.60 bits per heavy atom. The topological polar surface area (TPSA) is 128 Å². The maximum atomic E-state index is 15.3. The lowest BCUT2D eigenvalue weighted by Gasteiger charge is -2.31. The van der Waals surface area contributed by atoms with Crippen molar-refractivity contribution in [2.45, 2.75) is 43.6 Å². The van der Waals surface area contributed by atoms with Crippen molar-refractivity contribution in [2.75, 3.05) is 25.0 Å². The Hall–Kier alpha value is -4.65. The molecule has 0 saturated carbocycles. The zero-order chi connectivity index (χ0) is 34.0. The molecule has 0 unspecified atom stereocenters. The van der Waals surface area contributed by atoms with E-state index >= 15 is 4.39 Å². The van der Waals surface area contributed by atoms with Crippen LogP contribution in [0.3, 0.4) is 0 Å². The fourth-order valence-electron chi connectivity index (χ4n) is 5.62. The van der Waals surface area contributed by atoms with E-state index in [4.69, 9.17) is 26.8 Å². The molecule has 0 spiro atoms.